The van der Waals surface area contributed by atoms with Crippen LogP contribution in [0.15, 0.2) is 67.0 Å². The van der Waals surface area contributed by atoms with E-state index in [1.54, 1.807) is 10.8 Å². The first-order valence-corrected chi connectivity index (χ1v) is 9.23. The zero-order valence-corrected chi connectivity index (χ0v) is 16.0. The minimum Gasteiger partial charge on any atom is -0.456 e. The Hall–Kier alpha value is -3.69. The van der Waals surface area contributed by atoms with Gasteiger partial charge >= 0.3 is 5.97 Å². The summed E-state index contributed by atoms with van der Waals surface area (Å²) in [4.78, 5) is 20.7. The van der Waals surface area contributed by atoms with E-state index in [9.17, 15) is 10.1 Å². The maximum absolute atomic E-state index is 12.3. The molecule has 29 heavy (non-hydrogen) atoms. The molecule has 2 heterocycles. The molecule has 0 saturated heterocycles. The summed E-state index contributed by atoms with van der Waals surface area (Å²) in [5.74, 6) is -0.431. The van der Waals surface area contributed by atoms with Gasteiger partial charge in [-0.3, -0.25) is 4.98 Å². The molecule has 2 aromatic heterocycles. The number of pyridine rings is 1. The first-order chi connectivity index (χ1) is 14.1. The summed E-state index contributed by atoms with van der Waals surface area (Å²) in [6.45, 7) is 0.525. The van der Waals surface area contributed by atoms with E-state index in [2.05, 4.69) is 9.97 Å². The standard InChI is InChI=1S/C22H15ClN4O2/c23-18-9-17-8-16(6-7-19(17)25-11-18)12-27-13-20(26-21(27)10-24)22(28)29-14-15-4-2-1-3-5-15/h1-9,11,13H,12,14H2. The van der Waals surface area contributed by atoms with E-state index >= 15 is 0 Å². The van der Waals surface area contributed by atoms with Crippen LogP contribution in [0, 0.1) is 11.3 Å². The summed E-state index contributed by atoms with van der Waals surface area (Å²) in [6, 6.07) is 19.0. The predicted molar refractivity (Wildman–Crippen MR) is 108 cm³/mol. The molecule has 4 aromatic rings. The number of esters is 1. The van der Waals surface area contributed by atoms with Gasteiger partial charge in [-0.1, -0.05) is 48.0 Å². The molecule has 2 aromatic carbocycles. The molecule has 0 amide bonds. The van der Waals surface area contributed by atoms with Gasteiger partial charge in [0.15, 0.2) is 5.69 Å². The number of nitriles is 1. The lowest BCUT2D eigenvalue weighted by molar-refractivity contribution is 0.0466. The highest BCUT2D eigenvalue weighted by Gasteiger charge is 2.16. The summed E-state index contributed by atoms with van der Waals surface area (Å²) in [6.07, 6.45) is 3.13. The molecule has 4 rings (SSSR count). The van der Waals surface area contributed by atoms with Gasteiger partial charge in [-0.05, 0) is 29.3 Å². The summed E-state index contributed by atoms with van der Waals surface area (Å²) in [7, 11) is 0. The van der Waals surface area contributed by atoms with Crippen LogP contribution in [0.1, 0.15) is 27.4 Å². The van der Waals surface area contributed by atoms with Crippen molar-refractivity contribution >= 4 is 28.5 Å². The minimum atomic E-state index is -0.571. The van der Waals surface area contributed by atoms with E-state index in [4.69, 9.17) is 16.3 Å². The fourth-order valence-electron chi connectivity index (χ4n) is 2.97. The van der Waals surface area contributed by atoms with Crippen LogP contribution in [0.2, 0.25) is 5.02 Å². The molecule has 0 spiro atoms. The van der Waals surface area contributed by atoms with Crippen LogP contribution >= 0.6 is 11.6 Å². The largest absolute Gasteiger partial charge is 0.456 e. The van der Waals surface area contributed by atoms with E-state index in [1.165, 1.54) is 6.20 Å². The monoisotopic (exact) mass is 402 g/mol. The number of fused-ring (bicyclic) bond motifs is 1. The lowest BCUT2D eigenvalue weighted by Gasteiger charge is -2.06. The van der Waals surface area contributed by atoms with Crippen molar-refractivity contribution in [2.24, 2.45) is 0 Å². The Kier molecular flexibility index (Phi) is 5.23. The molecule has 0 aliphatic rings. The Balaban J connectivity index is 1.53. The van der Waals surface area contributed by atoms with E-state index in [0.717, 1.165) is 22.0 Å². The van der Waals surface area contributed by atoms with Crippen molar-refractivity contribution in [3.8, 4) is 6.07 Å². The van der Waals surface area contributed by atoms with Gasteiger partial charge < -0.3 is 9.30 Å². The number of nitrogens with zero attached hydrogens (tertiary/aromatic N) is 4. The average Bonchev–Trinajstić information content (AvgIpc) is 3.15. The Morgan fingerprint density at radius 2 is 1.97 bits per heavy atom. The Morgan fingerprint density at radius 3 is 2.76 bits per heavy atom. The van der Waals surface area contributed by atoms with Crippen LogP contribution in [-0.4, -0.2) is 20.5 Å². The van der Waals surface area contributed by atoms with Crippen LogP contribution in [0.5, 0.6) is 0 Å². The van der Waals surface area contributed by atoms with Gasteiger partial charge in [-0.25, -0.2) is 9.78 Å². The number of benzene rings is 2. The zero-order chi connectivity index (χ0) is 20.2. The number of halogens is 1. The fraction of sp³-hybridized carbons (Fsp3) is 0.0909. The highest BCUT2D eigenvalue weighted by molar-refractivity contribution is 6.31. The topological polar surface area (TPSA) is 80.8 Å². The van der Waals surface area contributed by atoms with E-state index < -0.39 is 5.97 Å². The van der Waals surface area contributed by atoms with Crippen LogP contribution in [-0.2, 0) is 17.9 Å². The van der Waals surface area contributed by atoms with Crippen LogP contribution in [0.4, 0.5) is 0 Å². The number of hydrogen-bond donors (Lipinski definition) is 0. The van der Waals surface area contributed by atoms with Gasteiger partial charge in [-0.2, -0.15) is 5.26 Å². The molecule has 0 unspecified atom stereocenters. The SMILES string of the molecule is N#Cc1nc(C(=O)OCc2ccccc2)cn1Cc1ccc2ncc(Cl)cc2c1. The van der Waals surface area contributed by atoms with Gasteiger partial charge in [0.05, 0.1) is 10.5 Å². The minimum absolute atomic E-state index is 0.1000. The lowest BCUT2D eigenvalue weighted by atomic mass is 10.1. The Bertz CT molecular complexity index is 1230. The van der Waals surface area contributed by atoms with Crippen molar-refractivity contribution < 1.29 is 9.53 Å². The van der Waals surface area contributed by atoms with Crippen LogP contribution in [0.3, 0.4) is 0 Å². The van der Waals surface area contributed by atoms with Gasteiger partial charge in [0.25, 0.3) is 0 Å². The number of hydrogen-bond acceptors (Lipinski definition) is 5. The second-order valence-corrected chi connectivity index (χ2v) is 6.87. The molecule has 0 saturated carbocycles. The third-order valence-corrected chi connectivity index (χ3v) is 4.57. The normalized spacial score (nSPS) is 10.6. The summed E-state index contributed by atoms with van der Waals surface area (Å²) in [5, 5.41) is 10.8. The lowest BCUT2D eigenvalue weighted by Crippen LogP contribution is -2.05. The molecule has 7 heteroatoms. The number of carbonyl (C=O) groups excluding carboxylic acids is 1. The number of ether oxygens (including phenoxy) is 1. The highest BCUT2D eigenvalue weighted by atomic mass is 35.5. The molecule has 0 bridgehead atoms. The van der Waals surface area contributed by atoms with E-state index in [1.807, 2.05) is 60.7 Å². The molecular formula is C22H15ClN4O2. The molecule has 0 fully saturated rings. The molecule has 6 nitrogen and oxygen atoms in total. The van der Waals surface area contributed by atoms with Crippen LogP contribution < -0.4 is 0 Å². The molecule has 0 N–H and O–H groups in total. The van der Waals surface area contributed by atoms with Gasteiger partial charge in [0, 0.05) is 24.3 Å². The smallest absolute Gasteiger partial charge is 0.358 e. The zero-order valence-electron chi connectivity index (χ0n) is 15.2. The third kappa shape index (κ3) is 4.26. The van der Waals surface area contributed by atoms with Gasteiger partial charge in [-0.15, -0.1) is 0 Å². The maximum Gasteiger partial charge on any atom is 0.358 e. The van der Waals surface area contributed by atoms with E-state index in [0.29, 0.717) is 11.6 Å². The molecule has 0 radical (unpaired) electrons. The summed E-state index contributed by atoms with van der Waals surface area (Å²) >= 11 is 6.02. The van der Waals surface area contributed by atoms with Gasteiger partial charge in [0.1, 0.15) is 12.7 Å². The van der Waals surface area contributed by atoms with Gasteiger partial charge in [0.2, 0.25) is 5.82 Å². The molecule has 0 aliphatic carbocycles. The first-order valence-electron chi connectivity index (χ1n) is 8.85. The third-order valence-electron chi connectivity index (χ3n) is 4.36. The Morgan fingerprint density at radius 1 is 1.14 bits per heavy atom. The second kappa shape index (κ2) is 8.13. The number of carbonyl (C=O) groups is 1. The van der Waals surface area contributed by atoms with Crippen molar-refractivity contribution in [1.82, 2.24) is 14.5 Å². The first kappa shape index (κ1) is 18.7. The fourth-order valence-corrected chi connectivity index (χ4v) is 3.14. The molecule has 0 aliphatic heterocycles. The molecule has 0 atom stereocenters. The van der Waals surface area contributed by atoms with Crippen molar-refractivity contribution in [2.75, 3.05) is 0 Å². The molecule has 142 valence electrons. The van der Waals surface area contributed by atoms with Crippen molar-refractivity contribution in [3.63, 3.8) is 0 Å². The highest BCUT2D eigenvalue weighted by Crippen LogP contribution is 2.19. The number of imidazole rings is 1. The van der Waals surface area contributed by atoms with Crippen molar-refractivity contribution in [3.05, 3.63) is 94.7 Å². The Labute approximate surface area is 172 Å². The molecular weight excluding hydrogens is 388 g/mol. The quantitative estimate of drug-likeness (QED) is 0.463. The van der Waals surface area contributed by atoms with Crippen molar-refractivity contribution in [2.45, 2.75) is 13.2 Å². The maximum atomic E-state index is 12.3. The van der Waals surface area contributed by atoms with E-state index in [-0.39, 0.29) is 18.1 Å². The predicted octanol–water partition coefficient (Wildman–Crippen LogP) is 4.36. The summed E-state index contributed by atoms with van der Waals surface area (Å²) in [5.41, 5.74) is 2.74. The summed E-state index contributed by atoms with van der Waals surface area (Å²) < 4.78 is 6.92. The average molecular weight is 403 g/mol. The van der Waals surface area contributed by atoms with Crippen molar-refractivity contribution in [1.29, 1.82) is 5.26 Å². The number of rotatable bonds is 5. The number of aromatic nitrogens is 3. The van der Waals surface area contributed by atoms with Crippen LogP contribution in [0.25, 0.3) is 10.9 Å². The second-order valence-electron chi connectivity index (χ2n) is 6.43.